The van der Waals surface area contributed by atoms with Crippen molar-refractivity contribution in [3.63, 3.8) is 0 Å². The summed E-state index contributed by atoms with van der Waals surface area (Å²) in [5.74, 6) is 0.451. The first-order chi connectivity index (χ1) is 9.90. The summed E-state index contributed by atoms with van der Waals surface area (Å²) < 4.78 is 26.0. The second-order valence-corrected chi connectivity index (χ2v) is 8.62. The highest BCUT2D eigenvalue weighted by Crippen LogP contribution is 2.36. The highest BCUT2D eigenvalue weighted by Gasteiger charge is 2.39. The van der Waals surface area contributed by atoms with Crippen molar-refractivity contribution in [2.75, 3.05) is 7.05 Å². The van der Waals surface area contributed by atoms with E-state index in [0.29, 0.717) is 17.4 Å². The second kappa shape index (κ2) is 6.86. The maximum atomic E-state index is 13.0. The van der Waals surface area contributed by atoms with E-state index in [1.165, 1.54) is 6.07 Å². The molecule has 21 heavy (non-hydrogen) atoms. The van der Waals surface area contributed by atoms with Gasteiger partial charge in [-0.25, -0.2) is 8.42 Å². The zero-order valence-electron chi connectivity index (χ0n) is 12.3. The molecule has 0 aliphatic heterocycles. The molecule has 1 aliphatic carbocycles. The molecule has 3 atom stereocenters. The Labute approximate surface area is 136 Å². The fraction of sp³-hybridized carbons (Fsp3) is 0.600. The molecule has 0 radical (unpaired) electrons. The third-order valence-electron chi connectivity index (χ3n) is 4.45. The van der Waals surface area contributed by atoms with Crippen LogP contribution in [0.1, 0.15) is 32.6 Å². The molecule has 118 valence electrons. The van der Waals surface area contributed by atoms with Gasteiger partial charge >= 0.3 is 0 Å². The van der Waals surface area contributed by atoms with E-state index in [1.54, 1.807) is 12.1 Å². The number of halogens is 2. The molecule has 1 aliphatic rings. The molecule has 0 spiro atoms. The van der Waals surface area contributed by atoms with Gasteiger partial charge in [0.05, 0.1) is 15.2 Å². The summed E-state index contributed by atoms with van der Waals surface area (Å²) in [4.78, 5) is 0.152. The van der Waals surface area contributed by atoms with E-state index in [2.05, 4.69) is 12.2 Å². The van der Waals surface area contributed by atoms with Gasteiger partial charge in [-0.1, -0.05) is 36.5 Å². The van der Waals surface area contributed by atoms with Crippen LogP contribution < -0.4 is 5.32 Å². The summed E-state index contributed by atoms with van der Waals surface area (Å²) in [6, 6.07) is 4.58. The summed E-state index contributed by atoms with van der Waals surface area (Å²) in [6.45, 7) is 2.11. The molecule has 3 unspecified atom stereocenters. The van der Waals surface area contributed by atoms with Crippen LogP contribution in [0.15, 0.2) is 23.1 Å². The minimum atomic E-state index is -3.50. The van der Waals surface area contributed by atoms with Gasteiger partial charge in [0, 0.05) is 11.1 Å². The number of sulfone groups is 1. The topological polar surface area (TPSA) is 46.2 Å². The average molecular weight is 350 g/mol. The molecular weight excluding hydrogens is 329 g/mol. The second-order valence-electron chi connectivity index (χ2n) is 5.64. The fourth-order valence-corrected chi connectivity index (χ4v) is 5.98. The molecule has 0 bridgehead atoms. The minimum absolute atomic E-state index is 0.0344. The highest BCUT2D eigenvalue weighted by atomic mass is 35.5. The van der Waals surface area contributed by atoms with E-state index in [0.717, 1.165) is 19.3 Å². The van der Waals surface area contributed by atoms with Gasteiger partial charge in [0.15, 0.2) is 9.84 Å². The van der Waals surface area contributed by atoms with Gasteiger partial charge in [0.2, 0.25) is 0 Å². The van der Waals surface area contributed by atoms with Gasteiger partial charge in [0.25, 0.3) is 0 Å². The van der Waals surface area contributed by atoms with E-state index in [9.17, 15) is 8.42 Å². The Balaban J connectivity index is 2.42. The van der Waals surface area contributed by atoms with E-state index < -0.39 is 15.1 Å². The van der Waals surface area contributed by atoms with Crippen LogP contribution in [0, 0.1) is 5.92 Å². The van der Waals surface area contributed by atoms with E-state index in [-0.39, 0.29) is 16.0 Å². The molecule has 1 aromatic carbocycles. The van der Waals surface area contributed by atoms with Crippen molar-refractivity contribution in [3.8, 4) is 0 Å². The number of rotatable bonds is 4. The summed E-state index contributed by atoms with van der Waals surface area (Å²) >= 11 is 12.1. The molecule has 2 rings (SSSR count). The first kappa shape index (κ1) is 17.1. The van der Waals surface area contributed by atoms with Crippen molar-refractivity contribution in [2.45, 2.75) is 48.8 Å². The Bertz CT molecular complexity index is 604. The predicted molar refractivity (Wildman–Crippen MR) is 87.9 cm³/mol. The lowest BCUT2D eigenvalue weighted by atomic mass is 9.84. The summed E-state index contributed by atoms with van der Waals surface area (Å²) in [6.07, 6.45) is 3.62. The summed E-state index contributed by atoms with van der Waals surface area (Å²) in [5, 5.41) is 3.34. The van der Waals surface area contributed by atoms with E-state index in [4.69, 9.17) is 23.2 Å². The summed E-state index contributed by atoms with van der Waals surface area (Å²) in [5.41, 5.74) is 0. The predicted octanol–water partition coefficient (Wildman–Crippen LogP) is 3.93. The lowest BCUT2D eigenvalue weighted by molar-refractivity contribution is 0.296. The molecule has 0 amide bonds. The zero-order chi connectivity index (χ0) is 15.6. The minimum Gasteiger partial charge on any atom is -0.316 e. The lowest BCUT2D eigenvalue weighted by Crippen LogP contribution is -2.46. The molecule has 0 saturated heterocycles. The number of benzene rings is 1. The Kier molecular flexibility index (Phi) is 5.58. The van der Waals surface area contributed by atoms with Gasteiger partial charge in [-0.3, -0.25) is 0 Å². The molecule has 1 fully saturated rings. The Hall–Kier alpha value is -0.290. The highest BCUT2D eigenvalue weighted by molar-refractivity contribution is 7.92. The first-order valence-corrected chi connectivity index (χ1v) is 9.56. The monoisotopic (exact) mass is 349 g/mol. The van der Waals surface area contributed by atoms with Crippen molar-refractivity contribution in [1.82, 2.24) is 5.32 Å². The molecular formula is C15H21Cl2NO2S. The number of hydrogen-bond donors (Lipinski definition) is 1. The van der Waals surface area contributed by atoms with E-state index >= 15 is 0 Å². The van der Waals surface area contributed by atoms with Gasteiger partial charge in [0.1, 0.15) is 0 Å². The quantitative estimate of drug-likeness (QED) is 0.895. The van der Waals surface area contributed by atoms with Crippen molar-refractivity contribution in [2.24, 2.45) is 5.92 Å². The number of nitrogens with one attached hydrogen (secondary N) is 1. The van der Waals surface area contributed by atoms with Crippen LogP contribution in [0.4, 0.5) is 0 Å². The van der Waals surface area contributed by atoms with Crippen molar-refractivity contribution in [3.05, 3.63) is 28.2 Å². The average Bonchev–Trinajstić information content (AvgIpc) is 2.48. The standard InChI is InChI=1S/C15H21Cl2NO2S/c1-3-10-4-7-13(18-2)15(8-10)21(19,20)14-9-11(16)5-6-12(14)17/h5-6,9-10,13,15,18H,3-4,7-8H2,1-2H3. The van der Waals surface area contributed by atoms with Crippen molar-refractivity contribution >= 4 is 33.0 Å². The molecule has 1 aromatic rings. The van der Waals surface area contributed by atoms with Crippen LogP contribution in [0.3, 0.4) is 0 Å². The molecule has 0 heterocycles. The zero-order valence-corrected chi connectivity index (χ0v) is 14.6. The van der Waals surface area contributed by atoms with Crippen LogP contribution in [0.5, 0.6) is 0 Å². The smallest absolute Gasteiger partial charge is 0.184 e. The number of hydrogen-bond acceptors (Lipinski definition) is 3. The molecule has 6 heteroatoms. The fourth-order valence-electron chi connectivity index (χ4n) is 3.11. The van der Waals surface area contributed by atoms with Gasteiger partial charge in [-0.05, 0) is 50.4 Å². The first-order valence-electron chi connectivity index (χ1n) is 7.26. The Morgan fingerprint density at radius 3 is 2.62 bits per heavy atom. The van der Waals surface area contributed by atoms with Crippen LogP contribution in [0.2, 0.25) is 10.0 Å². The van der Waals surface area contributed by atoms with Crippen LogP contribution in [-0.4, -0.2) is 26.8 Å². The third kappa shape index (κ3) is 3.55. The molecule has 0 aromatic heterocycles. The Morgan fingerprint density at radius 1 is 1.29 bits per heavy atom. The van der Waals surface area contributed by atoms with Gasteiger partial charge in [-0.15, -0.1) is 0 Å². The van der Waals surface area contributed by atoms with Crippen LogP contribution >= 0.6 is 23.2 Å². The van der Waals surface area contributed by atoms with Crippen LogP contribution in [-0.2, 0) is 9.84 Å². The maximum Gasteiger partial charge on any atom is 0.184 e. The molecule has 1 N–H and O–H groups in total. The van der Waals surface area contributed by atoms with Crippen LogP contribution in [0.25, 0.3) is 0 Å². The SMILES string of the molecule is CCC1CCC(NC)C(S(=O)(=O)c2cc(Cl)ccc2Cl)C1. The largest absolute Gasteiger partial charge is 0.316 e. The van der Waals surface area contributed by atoms with Gasteiger partial charge < -0.3 is 5.32 Å². The van der Waals surface area contributed by atoms with E-state index in [1.807, 2.05) is 7.05 Å². The Morgan fingerprint density at radius 2 is 2.00 bits per heavy atom. The summed E-state index contributed by atoms with van der Waals surface area (Å²) in [7, 11) is -1.68. The third-order valence-corrected chi connectivity index (χ3v) is 7.39. The molecule has 1 saturated carbocycles. The lowest BCUT2D eigenvalue weighted by Gasteiger charge is -2.35. The van der Waals surface area contributed by atoms with Crippen molar-refractivity contribution in [1.29, 1.82) is 0 Å². The maximum absolute atomic E-state index is 13.0. The van der Waals surface area contributed by atoms with Gasteiger partial charge in [-0.2, -0.15) is 0 Å². The van der Waals surface area contributed by atoms with Crippen molar-refractivity contribution < 1.29 is 8.42 Å². The normalized spacial score (nSPS) is 26.8. The molecule has 3 nitrogen and oxygen atoms in total.